The summed E-state index contributed by atoms with van der Waals surface area (Å²) >= 11 is 0. The summed E-state index contributed by atoms with van der Waals surface area (Å²) in [4.78, 5) is 13.8. The van der Waals surface area contributed by atoms with Gasteiger partial charge in [0.2, 0.25) is 0 Å². The molecule has 4 heterocycles. The first-order valence-electron chi connectivity index (χ1n) is 9.61. The van der Waals surface area contributed by atoms with Gasteiger partial charge in [-0.1, -0.05) is 6.07 Å². The molecule has 4 aromatic rings. The van der Waals surface area contributed by atoms with E-state index in [9.17, 15) is 0 Å². The smallest absolute Gasteiger partial charge is 0.165 e. The number of fused-ring (bicyclic) bond motifs is 1. The van der Waals surface area contributed by atoms with Crippen molar-refractivity contribution in [2.75, 3.05) is 13.1 Å². The summed E-state index contributed by atoms with van der Waals surface area (Å²) in [5, 5.41) is 3.36. The van der Waals surface area contributed by atoms with Gasteiger partial charge in [0.1, 0.15) is 23.1 Å². The van der Waals surface area contributed by atoms with Gasteiger partial charge in [0, 0.05) is 18.1 Å². The van der Waals surface area contributed by atoms with Crippen molar-refractivity contribution >= 4 is 11.2 Å². The van der Waals surface area contributed by atoms with Gasteiger partial charge in [0.25, 0.3) is 0 Å². The minimum absolute atomic E-state index is 0.284. The zero-order valence-electron chi connectivity index (χ0n) is 15.5. The van der Waals surface area contributed by atoms with Crippen molar-refractivity contribution in [1.29, 1.82) is 0 Å². The molecule has 0 aliphatic carbocycles. The normalized spacial score (nSPS) is 15.0. The second-order valence-electron chi connectivity index (χ2n) is 6.89. The molecule has 5 rings (SSSR count). The summed E-state index contributed by atoms with van der Waals surface area (Å²) < 4.78 is 8.18. The monoisotopic (exact) mass is 371 g/mol. The number of ether oxygens (including phenoxy) is 1. The second kappa shape index (κ2) is 7.40. The van der Waals surface area contributed by atoms with Gasteiger partial charge in [0.15, 0.2) is 11.5 Å². The Labute approximate surface area is 163 Å². The first-order valence-corrected chi connectivity index (χ1v) is 9.61. The maximum atomic E-state index is 6.14. The molecule has 0 amide bonds. The zero-order chi connectivity index (χ0) is 18.8. The van der Waals surface area contributed by atoms with Crippen LogP contribution < -0.4 is 10.1 Å². The molecular formula is C22H21N5O. The molecule has 1 N–H and O–H groups in total. The molecular weight excluding hydrogens is 350 g/mol. The van der Waals surface area contributed by atoms with E-state index in [1.165, 1.54) is 0 Å². The molecule has 0 atom stereocenters. The van der Waals surface area contributed by atoms with Crippen LogP contribution in [0.1, 0.15) is 12.8 Å². The first kappa shape index (κ1) is 16.9. The third-order valence-corrected chi connectivity index (χ3v) is 4.99. The number of imidazole rings is 1. The predicted molar refractivity (Wildman–Crippen MR) is 109 cm³/mol. The fourth-order valence-corrected chi connectivity index (χ4v) is 3.60. The summed E-state index contributed by atoms with van der Waals surface area (Å²) in [6.45, 7) is 2.03. The molecule has 140 valence electrons. The van der Waals surface area contributed by atoms with Crippen LogP contribution in [0.15, 0.2) is 67.0 Å². The van der Waals surface area contributed by atoms with Crippen LogP contribution in [0.3, 0.4) is 0 Å². The van der Waals surface area contributed by atoms with E-state index in [1.807, 2.05) is 47.0 Å². The van der Waals surface area contributed by atoms with E-state index < -0.39 is 0 Å². The van der Waals surface area contributed by atoms with E-state index in [4.69, 9.17) is 9.72 Å². The van der Waals surface area contributed by atoms with Crippen molar-refractivity contribution in [3.8, 4) is 23.0 Å². The molecule has 0 saturated carbocycles. The Morgan fingerprint density at radius 1 is 0.893 bits per heavy atom. The van der Waals surface area contributed by atoms with Crippen molar-refractivity contribution in [3.63, 3.8) is 0 Å². The highest BCUT2D eigenvalue weighted by atomic mass is 16.5. The third kappa shape index (κ3) is 3.23. The zero-order valence-corrected chi connectivity index (χ0v) is 15.5. The quantitative estimate of drug-likeness (QED) is 0.594. The maximum Gasteiger partial charge on any atom is 0.165 e. The van der Waals surface area contributed by atoms with Gasteiger partial charge in [0.05, 0.1) is 0 Å². The second-order valence-corrected chi connectivity index (χ2v) is 6.89. The number of aromatic nitrogens is 4. The minimum Gasteiger partial charge on any atom is -0.490 e. The molecule has 0 radical (unpaired) electrons. The van der Waals surface area contributed by atoms with Gasteiger partial charge in [-0.2, -0.15) is 0 Å². The lowest BCUT2D eigenvalue weighted by molar-refractivity contribution is 0.162. The van der Waals surface area contributed by atoms with Crippen LogP contribution in [0.5, 0.6) is 5.75 Å². The highest BCUT2D eigenvalue weighted by molar-refractivity contribution is 5.79. The Hall–Kier alpha value is -3.25. The number of piperidine rings is 1. The molecule has 6 nitrogen and oxygen atoms in total. The van der Waals surface area contributed by atoms with Crippen molar-refractivity contribution in [2.24, 2.45) is 0 Å². The Morgan fingerprint density at radius 2 is 1.71 bits per heavy atom. The summed E-state index contributed by atoms with van der Waals surface area (Å²) in [7, 11) is 0. The molecule has 0 unspecified atom stereocenters. The van der Waals surface area contributed by atoms with Crippen LogP contribution in [0.25, 0.3) is 28.4 Å². The molecule has 3 aromatic heterocycles. The Kier molecular flexibility index (Phi) is 4.47. The lowest BCUT2D eigenvalue weighted by Gasteiger charge is -2.23. The number of hydrogen-bond donors (Lipinski definition) is 1. The van der Waals surface area contributed by atoms with Crippen molar-refractivity contribution in [3.05, 3.63) is 67.0 Å². The summed E-state index contributed by atoms with van der Waals surface area (Å²) in [6, 6.07) is 17.9. The average Bonchev–Trinajstić information content (AvgIpc) is 3.15. The summed E-state index contributed by atoms with van der Waals surface area (Å²) in [6.07, 6.45) is 5.94. The lowest BCUT2D eigenvalue weighted by Crippen LogP contribution is -2.34. The number of rotatable bonds is 4. The van der Waals surface area contributed by atoms with Gasteiger partial charge < -0.3 is 10.1 Å². The van der Waals surface area contributed by atoms with Crippen LogP contribution in [-0.2, 0) is 0 Å². The van der Waals surface area contributed by atoms with Crippen molar-refractivity contribution < 1.29 is 4.74 Å². The first-order chi connectivity index (χ1) is 13.9. The van der Waals surface area contributed by atoms with Gasteiger partial charge in [-0.05, 0) is 74.5 Å². The Bertz CT molecular complexity index is 1070. The van der Waals surface area contributed by atoms with Crippen molar-refractivity contribution in [2.45, 2.75) is 18.9 Å². The number of benzene rings is 1. The molecule has 6 heteroatoms. The van der Waals surface area contributed by atoms with Crippen LogP contribution in [0.4, 0.5) is 0 Å². The van der Waals surface area contributed by atoms with E-state index in [1.54, 1.807) is 12.4 Å². The fraction of sp³-hybridized carbons (Fsp3) is 0.227. The molecule has 1 aliphatic rings. The number of pyridine rings is 2. The van der Waals surface area contributed by atoms with E-state index in [0.717, 1.165) is 60.1 Å². The molecule has 0 spiro atoms. The summed E-state index contributed by atoms with van der Waals surface area (Å²) in [5.41, 5.74) is 3.46. The Balaban J connectivity index is 1.53. The van der Waals surface area contributed by atoms with E-state index in [2.05, 4.69) is 27.4 Å². The summed E-state index contributed by atoms with van der Waals surface area (Å²) in [5.74, 6) is 1.67. The minimum atomic E-state index is 0.284. The highest BCUT2D eigenvalue weighted by Gasteiger charge is 2.17. The van der Waals surface area contributed by atoms with Crippen LogP contribution >= 0.6 is 0 Å². The molecule has 0 bridgehead atoms. The number of hydrogen-bond acceptors (Lipinski definition) is 5. The maximum absolute atomic E-state index is 6.14. The van der Waals surface area contributed by atoms with Gasteiger partial charge in [-0.15, -0.1) is 0 Å². The SMILES string of the molecule is c1ccc(-c2nc3cccnc3n2-c2ccc(OC3CCNCC3)cc2)nc1. The number of nitrogens with one attached hydrogen (secondary N) is 1. The predicted octanol–water partition coefficient (Wildman–Crippen LogP) is 3.61. The molecule has 1 aliphatic heterocycles. The van der Waals surface area contributed by atoms with E-state index in [-0.39, 0.29) is 6.10 Å². The third-order valence-electron chi connectivity index (χ3n) is 4.99. The largest absolute Gasteiger partial charge is 0.490 e. The highest BCUT2D eigenvalue weighted by Crippen LogP contribution is 2.27. The molecule has 1 aromatic carbocycles. The lowest BCUT2D eigenvalue weighted by atomic mass is 10.1. The van der Waals surface area contributed by atoms with Gasteiger partial charge >= 0.3 is 0 Å². The standard InChI is InChI=1S/C22H21N5O/c1-2-12-24-19(4-1)22-26-20-5-3-13-25-21(20)27(22)16-6-8-17(9-7-16)28-18-10-14-23-15-11-18/h1-9,12-13,18,23H,10-11,14-15H2. The van der Waals surface area contributed by atoms with E-state index >= 15 is 0 Å². The molecule has 28 heavy (non-hydrogen) atoms. The fourth-order valence-electron chi connectivity index (χ4n) is 3.60. The molecule has 1 saturated heterocycles. The van der Waals surface area contributed by atoms with Crippen LogP contribution in [0.2, 0.25) is 0 Å². The Morgan fingerprint density at radius 3 is 2.50 bits per heavy atom. The molecule has 1 fully saturated rings. The van der Waals surface area contributed by atoms with E-state index in [0.29, 0.717) is 0 Å². The van der Waals surface area contributed by atoms with Crippen molar-refractivity contribution in [1.82, 2.24) is 24.8 Å². The topological polar surface area (TPSA) is 64.9 Å². The average molecular weight is 371 g/mol. The number of nitrogens with zero attached hydrogens (tertiary/aromatic N) is 4. The van der Waals surface area contributed by atoms with Crippen LogP contribution in [-0.4, -0.2) is 38.7 Å². The van der Waals surface area contributed by atoms with Crippen LogP contribution in [0, 0.1) is 0 Å². The van der Waals surface area contributed by atoms with Gasteiger partial charge in [-0.3, -0.25) is 9.55 Å². The van der Waals surface area contributed by atoms with Gasteiger partial charge in [-0.25, -0.2) is 9.97 Å².